The van der Waals surface area contributed by atoms with Crippen molar-refractivity contribution >= 4 is 28.7 Å². The molecule has 0 saturated heterocycles. The number of hydrogen-bond acceptors (Lipinski definition) is 4. The lowest BCUT2D eigenvalue weighted by atomic mass is 10.0. The second kappa shape index (κ2) is 8.53. The highest BCUT2D eigenvalue weighted by molar-refractivity contribution is 14.1. The average Bonchev–Trinajstić information content (AvgIpc) is 2.41. The third kappa shape index (κ3) is 8.83. The summed E-state index contributed by atoms with van der Waals surface area (Å²) in [5, 5.41) is 2.77. The molecule has 5 nitrogen and oxygen atoms in total. The third-order valence-corrected chi connectivity index (χ3v) is 4.87. The van der Waals surface area contributed by atoms with Gasteiger partial charge in [0.1, 0.15) is 5.60 Å². The van der Waals surface area contributed by atoms with Gasteiger partial charge in [-0.1, -0.05) is 29.5 Å². The summed E-state index contributed by atoms with van der Waals surface area (Å²) >= 11 is 2.26. The molecular formula is C15H30INO4. The van der Waals surface area contributed by atoms with Crippen molar-refractivity contribution in [3.63, 3.8) is 0 Å². The Bertz CT molecular complexity index is 326. The normalized spacial score (nSPS) is 17.7. The molecule has 0 bridgehead atoms. The van der Waals surface area contributed by atoms with E-state index in [1.807, 2.05) is 34.6 Å². The molecule has 0 heterocycles. The van der Waals surface area contributed by atoms with Gasteiger partial charge in [-0.2, -0.15) is 0 Å². The molecule has 0 fully saturated rings. The Hall–Kier alpha value is -0.0800. The van der Waals surface area contributed by atoms with Crippen molar-refractivity contribution in [2.24, 2.45) is 0 Å². The predicted octanol–water partition coefficient (Wildman–Crippen LogP) is 3.54. The molecule has 0 aromatic carbocycles. The van der Waals surface area contributed by atoms with Gasteiger partial charge in [0.2, 0.25) is 0 Å². The topological polar surface area (TPSA) is 56.8 Å². The van der Waals surface area contributed by atoms with E-state index in [-0.39, 0.29) is 5.60 Å². The standard InChI is InChI=1S/C15H30INO4/c1-8-14(5,19-7)11-20-15(6,9-16)10-17-12(18)21-13(2,3)4/h8-11H2,1-7H3,(H,17,18). The van der Waals surface area contributed by atoms with Gasteiger partial charge in [-0.25, -0.2) is 4.79 Å². The Morgan fingerprint density at radius 3 is 2.10 bits per heavy atom. The van der Waals surface area contributed by atoms with Crippen LogP contribution in [0.2, 0.25) is 0 Å². The Morgan fingerprint density at radius 1 is 1.14 bits per heavy atom. The molecule has 2 atom stereocenters. The molecule has 0 aromatic heterocycles. The van der Waals surface area contributed by atoms with Crippen molar-refractivity contribution in [3.8, 4) is 0 Å². The molecule has 6 heteroatoms. The van der Waals surface area contributed by atoms with Crippen molar-refractivity contribution in [2.75, 3.05) is 24.7 Å². The Labute approximate surface area is 142 Å². The van der Waals surface area contributed by atoms with Crippen molar-refractivity contribution < 1.29 is 19.0 Å². The van der Waals surface area contributed by atoms with Gasteiger partial charge >= 0.3 is 6.09 Å². The summed E-state index contributed by atoms with van der Waals surface area (Å²) in [4.78, 5) is 11.7. The van der Waals surface area contributed by atoms with E-state index in [2.05, 4.69) is 34.8 Å². The van der Waals surface area contributed by atoms with E-state index in [1.165, 1.54) is 0 Å². The van der Waals surface area contributed by atoms with Crippen LogP contribution in [-0.4, -0.2) is 47.6 Å². The van der Waals surface area contributed by atoms with Crippen LogP contribution in [0, 0.1) is 0 Å². The van der Waals surface area contributed by atoms with Crippen molar-refractivity contribution in [1.29, 1.82) is 0 Å². The first kappa shape index (κ1) is 20.9. The van der Waals surface area contributed by atoms with E-state index in [9.17, 15) is 4.79 Å². The van der Waals surface area contributed by atoms with Gasteiger partial charge < -0.3 is 19.5 Å². The van der Waals surface area contributed by atoms with Crippen molar-refractivity contribution in [1.82, 2.24) is 5.32 Å². The van der Waals surface area contributed by atoms with Crippen LogP contribution in [0.4, 0.5) is 4.79 Å². The number of amides is 1. The Morgan fingerprint density at radius 2 is 1.71 bits per heavy atom. The molecule has 0 aliphatic carbocycles. The minimum absolute atomic E-state index is 0.307. The second-order valence-corrected chi connectivity index (χ2v) is 7.50. The van der Waals surface area contributed by atoms with Crippen LogP contribution >= 0.6 is 22.6 Å². The van der Waals surface area contributed by atoms with E-state index < -0.39 is 17.3 Å². The fraction of sp³-hybridized carbons (Fsp3) is 0.933. The maximum Gasteiger partial charge on any atom is 0.407 e. The van der Waals surface area contributed by atoms with E-state index in [0.29, 0.717) is 13.2 Å². The first-order valence-electron chi connectivity index (χ1n) is 7.21. The van der Waals surface area contributed by atoms with Crippen LogP contribution < -0.4 is 5.32 Å². The van der Waals surface area contributed by atoms with Crippen LogP contribution in [0.1, 0.15) is 48.0 Å². The largest absolute Gasteiger partial charge is 0.444 e. The number of hydrogen-bond donors (Lipinski definition) is 1. The lowest BCUT2D eigenvalue weighted by Crippen LogP contribution is -2.48. The molecule has 21 heavy (non-hydrogen) atoms. The minimum Gasteiger partial charge on any atom is -0.444 e. The first-order chi connectivity index (χ1) is 9.49. The molecule has 0 rings (SSSR count). The highest BCUT2D eigenvalue weighted by Crippen LogP contribution is 2.20. The zero-order valence-electron chi connectivity index (χ0n) is 14.3. The second-order valence-electron chi connectivity index (χ2n) is 6.74. The maximum absolute atomic E-state index is 11.7. The number of rotatable bonds is 8. The SMILES string of the molecule is CCC(C)(COC(C)(CI)CNC(=O)OC(C)(C)C)OC. The molecule has 126 valence electrons. The van der Waals surface area contributed by atoms with E-state index >= 15 is 0 Å². The first-order valence-corrected chi connectivity index (χ1v) is 8.74. The Kier molecular flexibility index (Phi) is 8.49. The number of methoxy groups -OCH3 is 1. The van der Waals surface area contributed by atoms with E-state index in [0.717, 1.165) is 10.8 Å². The summed E-state index contributed by atoms with van der Waals surface area (Å²) in [6, 6.07) is 0. The number of nitrogens with one attached hydrogen (secondary N) is 1. The lowest BCUT2D eigenvalue weighted by molar-refractivity contribution is -0.111. The average molecular weight is 415 g/mol. The van der Waals surface area contributed by atoms with Gasteiger partial charge in [-0.3, -0.25) is 0 Å². The molecule has 0 aliphatic heterocycles. The Balaban J connectivity index is 4.44. The number of halogens is 1. The summed E-state index contributed by atoms with van der Waals surface area (Å²) in [5.41, 5.74) is -1.26. The van der Waals surface area contributed by atoms with Gasteiger partial charge in [0.05, 0.1) is 24.4 Å². The fourth-order valence-electron chi connectivity index (χ4n) is 1.34. The third-order valence-electron chi connectivity index (χ3n) is 3.25. The fourth-order valence-corrected chi connectivity index (χ4v) is 1.83. The summed E-state index contributed by atoms with van der Waals surface area (Å²) < 4.78 is 17.5. The van der Waals surface area contributed by atoms with Crippen LogP contribution in [0.3, 0.4) is 0 Å². The van der Waals surface area contributed by atoms with Gasteiger partial charge in [0.15, 0.2) is 0 Å². The summed E-state index contributed by atoms with van der Waals surface area (Å²) in [6.45, 7) is 12.4. The molecule has 0 aromatic rings. The molecule has 0 spiro atoms. The molecule has 1 N–H and O–H groups in total. The van der Waals surface area contributed by atoms with Gasteiger partial charge in [0, 0.05) is 11.5 Å². The van der Waals surface area contributed by atoms with E-state index in [4.69, 9.17) is 14.2 Å². The van der Waals surface area contributed by atoms with Crippen LogP contribution in [0.5, 0.6) is 0 Å². The zero-order chi connectivity index (χ0) is 16.7. The molecule has 2 unspecified atom stereocenters. The highest BCUT2D eigenvalue weighted by Gasteiger charge is 2.30. The molecule has 0 aliphatic rings. The predicted molar refractivity (Wildman–Crippen MR) is 93.2 cm³/mol. The minimum atomic E-state index is -0.498. The summed E-state index contributed by atoms with van der Waals surface area (Å²) in [6.07, 6.45) is 0.438. The summed E-state index contributed by atoms with van der Waals surface area (Å²) in [5.74, 6) is 0. The van der Waals surface area contributed by atoms with E-state index in [1.54, 1.807) is 7.11 Å². The molecule has 0 radical (unpaired) electrons. The zero-order valence-corrected chi connectivity index (χ0v) is 16.5. The van der Waals surface area contributed by atoms with Crippen LogP contribution in [0.25, 0.3) is 0 Å². The quantitative estimate of drug-likeness (QED) is 0.487. The lowest BCUT2D eigenvalue weighted by Gasteiger charge is -2.34. The molecule has 1 amide bonds. The molecule has 0 saturated carbocycles. The number of alkyl halides is 1. The van der Waals surface area contributed by atoms with Gasteiger partial charge in [-0.05, 0) is 41.0 Å². The van der Waals surface area contributed by atoms with Gasteiger partial charge in [-0.15, -0.1) is 0 Å². The van der Waals surface area contributed by atoms with Crippen molar-refractivity contribution in [3.05, 3.63) is 0 Å². The molecular weight excluding hydrogens is 385 g/mol. The number of alkyl carbamates (subject to hydrolysis) is 1. The van der Waals surface area contributed by atoms with Crippen LogP contribution in [-0.2, 0) is 14.2 Å². The number of ether oxygens (including phenoxy) is 3. The number of carbonyl (C=O) groups excluding carboxylic acids is 1. The maximum atomic E-state index is 11.7. The van der Waals surface area contributed by atoms with Crippen molar-refractivity contribution in [2.45, 2.75) is 64.8 Å². The van der Waals surface area contributed by atoms with Crippen LogP contribution in [0.15, 0.2) is 0 Å². The smallest absolute Gasteiger partial charge is 0.407 e. The number of carbonyl (C=O) groups is 1. The monoisotopic (exact) mass is 415 g/mol. The highest BCUT2D eigenvalue weighted by atomic mass is 127. The van der Waals surface area contributed by atoms with Gasteiger partial charge in [0.25, 0.3) is 0 Å². The summed E-state index contributed by atoms with van der Waals surface area (Å²) in [7, 11) is 1.69.